The molecule has 0 aliphatic carbocycles. The van der Waals surface area contributed by atoms with Crippen LogP contribution in [0.3, 0.4) is 0 Å². The number of halogens is 1. The van der Waals surface area contributed by atoms with Crippen molar-refractivity contribution < 1.29 is 4.79 Å². The number of amides is 1. The molecule has 1 N–H and O–H groups in total. The molecule has 0 aromatic heterocycles. The Morgan fingerprint density at radius 3 is 2.59 bits per heavy atom. The Morgan fingerprint density at radius 2 is 1.95 bits per heavy atom. The van der Waals surface area contributed by atoms with Gasteiger partial charge in [-0.05, 0) is 43.2 Å². The quantitative estimate of drug-likeness (QED) is 0.767. The van der Waals surface area contributed by atoms with E-state index in [0.717, 1.165) is 16.9 Å². The first-order valence-electron chi connectivity index (χ1n) is 7.34. The third-order valence-corrected chi connectivity index (χ3v) is 4.93. The second kappa shape index (κ2) is 8.25. The second-order valence-corrected chi connectivity index (χ2v) is 6.89. The van der Waals surface area contributed by atoms with Gasteiger partial charge >= 0.3 is 0 Å². The molecule has 0 spiro atoms. The Balaban J connectivity index is 1.92. The molecule has 2 aromatic rings. The van der Waals surface area contributed by atoms with Crippen molar-refractivity contribution in [3.05, 3.63) is 64.7 Å². The maximum absolute atomic E-state index is 12.3. The van der Waals surface area contributed by atoms with Gasteiger partial charge in [0.15, 0.2) is 0 Å². The van der Waals surface area contributed by atoms with Crippen LogP contribution in [0.2, 0.25) is 5.02 Å². The van der Waals surface area contributed by atoms with Gasteiger partial charge in [0.1, 0.15) is 0 Å². The largest absolute Gasteiger partial charge is 0.351 e. The van der Waals surface area contributed by atoms with E-state index in [1.165, 1.54) is 5.56 Å². The van der Waals surface area contributed by atoms with Crippen molar-refractivity contribution in [3.8, 4) is 0 Å². The number of thioether (sulfide) groups is 1. The molecule has 2 rings (SSSR count). The monoisotopic (exact) mass is 333 g/mol. The fourth-order valence-corrected chi connectivity index (χ4v) is 3.23. The summed E-state index contributed by atoms with van der Waals surface area (Å²) in [6, 6.07) is 15.8. The minimum atomic E-state index is -0.0917. The van der Waals surface area contributed by atoms with Crippen LogP contribution < -0.4 is 5.32 Å². The third kappa shape index (κ3) is 5.08. The molecule has 0 unspecified atom stereocenters. The van der Waals surface area contributed by atoms with E-state index in [1.807, 2.05) is 43.3 Å². The smallest absolute Gasteiger partial charge is 0.233 e. The second-order valence-electron chi connectivity index (χ2n) is 5.18. The minimum Gasteiger partial charge on any atom is -0.351 e. The fourth-order valence-electron chi connectivity index (χ4n) is 2.12. The van der Waals surface area contributed by atoms with Crippen molar-refractivity contribution in [1.29, 1.82) is 0 Å². The Labute approximate surface area is 141 Å². The first-order chi connectivity index (χ1) is 10.6. The van der Waals surface area contributed by atoms with E-state index in [9.17, 15) is 4.79 Å². The van der Waals surface area contributed by atoms with Crippen LogP contribution in [0.25, 0.3) is 0 Å². The number of hydrogen-bond acceptors (Lipinski definition) is 2. The molecule has 0 aliphatic rings. The molecule has 0 fully saturated rings. The van der Waals surface area contributed by atoms with Gasteiger partial charge in [-0.2, -0.15) is 0 Å². The predicted octanol–water partition coefficient (Wildman–Crippen LogP) is 4.84. The molecule has 2 aromatic carbocycles. The van der Waals surface area contributed by atoms with Crippen molar-refractivity contribution >= 4 is 29.3 Å². The van der Waals surface area contributed by atoms with Crippen LogP contribution in [0.5, 0.6) is 0 Å². The molecule has 0 aliphatic heterocycles. The maximum Gasteiger partial charge on any atom is 0.233 e. The van der Waals surface area contributed by atoms with Gasteiger partial charge < -0.3 is 5.32 Å². The highest BCUT2D eigenvalue weighted by molar-refractivity contribution is 8.00. The summed E-state index contributed by atoms with van der Waals surface area (Å²) in [5.74, 6) is 0.0731. The van der Waals surface area contributed by atoms with Crippen molar-refractivity contribution in [1.82, 2.24) is 5.32 Å². The van der Waals surface area contributed by atoms with Crippen molar-refractivity contribution in [2.75, 3.05) is 0 Å². The lowest BCUT2D eigenvalue weighted by Crippen LogP contribution is -2.31. The van der Waals surface area contributed by atoms with Crippen LogP contribution in [0, 0.1) is 6.92 Å². The van der Waals surface area contributed by atoms with E-state index in [1.54, 1.807) is 11.8 Å². The molecule has 1 amide bonds. The molecular formula is C18H20ClNOS. The summed E-state index contributed by atoms with van der Waals surface area (Å²) >= 11 is 7.46. The average Bonchev–Trinajstić information content (AvgIpc) is 2.52. The van der Waals surface area contributed by atoms with Gasteiger partial charge in [-0.15, -0.1) is 11.8 Å². The molecule has 0 bridgehead atoms. The van der Waals surface area contributed by atoms with E-state index in [-0.39, 0.29) is 11.2 Å². The highest BCUT2D eigenvalue weighted by atomic mass is 35.5. The lowest BCUT2D eigenvalue weighted by atomic mass is 10.1. The molecule has 0 radical (unpaired) electrons. The number of carbonyl (C=O) groups excluding carboxylic acids is 1. The fraction of sp³-hybridized carbons (Fsp3) is 0.278. The Morgan fingerprint density at radius 1 is 1.23 bits per heavy atom. The third-order valence-electron chi connectivity index (χ3n) is 3.30. The summed E-state index contributed by atoms with van der Waals surface area (Å²) in [5, 5.41) is 3.64. The summed E-state index contributed by atoms with van der Waals surface area (Å²) in [4.78, 5) is 13.4. The zero-order valence-electron chi connectivity index (χ0n) is 12.8. The van der Waals surface area contributed by atoms with Crippen molar-refractivity contribution in [2.45, 2.75) is 37.0 Å². The topological polar surface area (TPSA) is 29.1 Å². The van der Waals surface area contributed by atoms with Gasteiger partial charge in [0, 0.05) is 16.5 Å². The average molecular weight is 334 g/mol. The van der Waals surface area contributed by atoms with Crippen LogP contribution in [0.1, 0.15) is 24.5 Å². The molecule has 22 heavy (non-hydrogen) atoms. The Hall–Kier alpha value is -1.45. The van der Waals surface area contributed by atoms with E-state index in [2.05, 4.69) is 24.4 Å². The summed E-state index contributed by atoms with van der Waals surface area (Å²) in [7, 11) is 0. The summed E-state index contributed by atoms with van der Waals surface area (Å²) in [5.41, 5.74) is 2.33. The van der Waals surface area contributed by atoms with Gasteiger partial charge in [0.2, 0.25) is 5.91 Å². The molecule has 116 valence electrons. The Kier molecular flexibility index (Phi) is 6.34. The molecule has 0 saturated heterocycles. The number of rotatable bonds is 6. The zero-order valence-corrected chi connectivity index (χ0v) is 14.4. The molecule has 4 heteroatoms. The lowest BCUT2D eigenvalue weighted by Gasteiger charge is -2.15. The number of benzene rings is 2. The number of hydrogen-bond donors (Lipinski definition) is 1. The summed E-state index contributed by atoms with van der Waals surface area (Å²) < 4.78 is 0. The number of aryl methyl sites for hydroxylation is 1. The van der Waals surface area contributed by atoms with Gasteiger partial charge in [-0.3, -0.25) is 4.79 Å². The van der Waals surface area contributed by atoms with E-state index >= 15 is 0 Å². The molecule has 0 saturated carbocycles. The molecule has 2 nitrogen and oxygen atoms in total. The molecule has 1 atom stereocenters. The first kappa shape index (κ1) is 16.9. The maximum atomic E-state index is 12.3. The van der Waals surface area contributed by atoms with Crippen LogP contribution in [-0.4, -0.2) is 11.2 Å². The van der Waals surface area contributed by atoms with E-state index < -0.39 is 0 Å². The minimum absolute atomic E-state index is 0.0731. The van der Waals surface area contributed by atoms with E-state index in [4.69, 9.17) is 11.6 Å². The number of nitrogens with one attached hydrogen (secondary N) is 1. The summed E-state index contributed by atoms with van der Waals surface area (Å²) in [6.07, 6.45) is 0.785. The van der Waals surface area contributed by atoms with Gasteiger partial charge in [0.25, 0.3) is 0 Å². The van der Waals surface area contributed by atoms with Crippen LogP contribution >= 0.6 is 23.4 Å². The number of carbonyl (C=O) groups is 1. The highest BCUT2D eigenvalue weighted by Crippen LogP contribution is 2.26. The molecular weight excluding hydrogens is 314 g/mol. The van der Waals surface area contributed by atoms with E-state index in [0.29, 0.717) is 11.6 Å². The van der Waals surface area contributed by atoms with Crippen LogP contribution in [0.15, 0.2) is 53.4 Å². The molecule has 0 heterocycles. The normalized spacial score (nSPS) is 12.0. The van der Waals surface area contributed by atoms with Gasteiger partial charge in [0.05, 0.1) is 5.25 Å². The SMILES string of the molecule is CC[C@@H](Sc1ccc(Cl)cc1)C(=O)NCc1cccc(C)c1. The van der Waals surface area contributed by atoms with Crippen LogP contribution in [0.4, 0.5) is 0 Å². The zero-order chi connectivity index (χ0) is 15.9. The standard InChI is InChI=1S/C18H20ClNOS/c1-3-17(22-16-9-7-15(19)8-10-16)18(21)20-12-14-6-4-5-13(2)11-14/h4-11,17H,3,12H2,1-2H3,(H,20,21)/t17-/m1/s1. The van der Waals surface area contributed by atoms with Crippen molar-refractivity contribution in [3.63, 3.8) is 0 Å². The Bertz CT molecular complexity index is 627. The summed E-state index contributed by atoms with van der Waals surface area (Å²) in [6.45, 7) is 4.65. The van der Waals surface area contributed by atoms with Gasteiger partial charge in [-0.1, -0.05) is 48.4 Å². The lowest BCUT2D eigenvalue weighted by molar-refractivity contribution is -0.120. The predicted molar refractivity (Wildman–Crippen MR) is 94.4 cm³/mol. The first-order valence-corrected chi connectivity index (χ1v) is 8.59. The highest BCUT2D eigenvalue weighted by Gasteiger charge is 2.17. The van der Waals surface area contributed by atoms with Crippen molar-refractivity contribution in [2.24, 2.45) is 0 Å². The van der Waals surface area contributed by atoms with Crippen LogP contribution in [-0.2, 0) is 11.3 Å². The van der Waals surface area contributed by atoms with Gasteiger partial charge in [-0.25, -0.2) is 0 Å².